The van der Waals surface area contributed by atoms with Crippen LogP contribution in [0.25, 0.3) is 0 Å². The minimum absolute atomic E-state index is 0. The lowest BCUT2D eigenvalue weighted by atomic mass is 9.87. The smallest absolute Gasteiger partial charge is 0.128 e. The second-order valence-electron chi connectivity index (χ2n) is 8.21. The molecule has 0 bridgehead atoms. The van der Waals surface area contributed by atoms with Gasteiger partial charge >= 0.3 is 0 Å². The molecule has 0 spiro atoms. The van der Waals surface area contributed by atoms with E-state index in [2.05, 4.69) is 47.7 Å². The van der Waals surface area contributed by atoms with E-state index >= 15 is 0 Å². The summed E-state index contributed by atoms with van der Waals surface area (Å²) in [6.07, 6.45) is 1.34. The van der Waals surface area contributed by atoms with E-state index in [4.69, 9.17) is 4.74 Å². The maximum absolute atomic E-state index is 10.3. The molecule has 2 aromatic rings. The molecule has 0 saturated carbocycles. The first kappa shape index (κ1) is 25.5. The largest absolute Gasteiger partial charge is 0.491 e. The van der Waals surface area contributed by atoms with Crippen LogP contribution in [0.3, 0.4) is 0 Å². The number of aliphatic hydroxyl groups excluding tert-OH is 1. The van der Waals surface area contributed by atoms with Crippen LogP contribution in [0.4, 0.5) is 5.82 Å². The summed E-state index contributed by atoms with van der Waals surface area (Å²) in [7, 11) is 0. The van der Waals surface area contributed by atoms with Gasteiger partial charge in [-0.3, -0.25) is 4.90 Å². The number of β-amino-alcohol motifs (C(OH)–C–C–N with tert-alkyl or cyclic N) is 1. The number of hydrogen-bond acceptors (Lipinski definition) is 5. The third kappa shape index (κ3) is 7.67. The van der Waals surface area contributed by atoms with Gasteiger partial charge in [-0.1, -0.05) is 39.0 Å². The van der Waals surface area contributed by atoms with E-state index < -0.39 is 6.10 Å². The van der Waals surface area contributed by atoms with Crippen molar-refractivity contribution in [2.24, 2.45) is 0 Å². The minimum Gasteiger partial charge on any atom is -0.491 e. The molecule has 2 heterocycles. The summed E-state index contributed by atoms with van der Waals surface area (Å²) < 4.78 is 5.77. The number of anilines is 1. The maximum atomic E-state index is 10.3. The van der Waals surface area contributed by atoms with Crippen molar-refractivity contribution >= 4 is 30.6 Å². The lowest BCUT2D eigenvalue weighted by molar-refractivity contribution is 0.0662. The molecule has 1 aromatic carbocycles. The van der Waals surface area contributed by atoms with Crippen LogP contribution in [-0.2, 0) is 5.41 Å². The molecular weight excluding hydrogens is 409 g/mol. The Morgan fingerprint density at radius 1 is 1.00 bits per heavy atom. The first-order chi connectivity index (χ1) is 12.9. The van der Waals surface area contributed by atoms with E-state index in [1.807, 2.05) is 36.5 Å². The number of hydrogen-bond donors (Lipinski definition) is 1. The number of halogens is 2. The van der Waals surface area contributed by atoms with Crippen LogP contribution in [0, 0.1) is 0 Å². The van der Waals surface area contributed by atoms with Gasteiger partial charge in [0.2, 0.25) is 0 Å². The Kier molecular flexibility index (Phi) is 10.2. The molecule has 0 amide bonds. The predicted octanol–water partition coefficient (Wildman–Crippen LogP) is 3.78. The third-order valence-electron chi connectivity index (χ3n) is 4.98. The van der Waals surface area contributed by atoms with Crippen molar-refractivity contribution in [3.63, 3.8) is 0 Å². The van der Waals surface area contributed by atoms with Crippen LogP contribution >= 0.6 is 24.8 Å². The van der Waals surface area contributed by atoms with Crippen molar-refractivity contribution in [1.29, 1.82) is 0 Å². The quantitative estimate of drug-likeness (QED) is 0.738. The topological polar surface area (TPSA) is 48.8 Å². The molecule has 0 aliphatic carbocycles. The first-order valence-electron chi connectivity index (χ1n) is 9.71. The number of ether oxygens (including phenoxy) is 1. The summed E-state index contributed by atoms with van der Waals surface area (Å²) in [5.74, 6) is 1.83. The van der Waals surface area contributed by atoms with Gasteiger partial charge in [-0.25, -0.2) is 4.98 Å². The number of pyridine rings is 1. The van der Waals surface area contributed by atoms with Crippen molar-refractivity contribution in [3.05, 3.63) is 54.2 Å². The highest BCUT2D eigenvalue weighted by Gasteiger charge is 2.20. The number of rotatable bonds is 6. The Morgan fingerprint density at radius 2 is 1.66 bits per heavy atom. The molecule has 5 nitrogen and oxygen atoms in total. The molecule has 1 aliphatic rings. The van der Waals surface area contributed by atoms with Crippen molar-refractivity contribution in [2.45, 2.75) is 32.3 Å². The van der Waals surface area contributed by atoms with Gasteiger partial charge in [-0.2, -0.15) is 0 Å². The van der Waals surface area contributed by atoms with E-state index in [-0.39, 0.29) is 30.2 Å². The fourth-order valence-corrected chi connectivity index (χ4v) is 3.29. The third-order valence-corrected chi connectivity index (χ3v) is 4.98. The van der Waals surface area contributed by atoms with E-state index in [0.29, 0.717) is 13.2 Å². The average Bonchev–Trinajstić information content (AvgIpc) is 2.67. The Bertz CT molecular complexity index is 700. The molecule has 1 aliphatic heterocycles. The van der Waals surface area contributed by atoms with Crippen LogP contribution in [0.2, 0.25) is 0 Å². The highest BCUT2D eigenvalue weighted by molar-refractivity contribution is 5.85. The Balaban J connectivity index is 0.00000210. The predicted molar refractivity (Wildman–Crippen MR) is 124 cm³/mol. The van der Waals surface area contributed by atoms with Gasteiger partial charge in [0.25, 0.3) is 0 Å². The number of nitrogens with zero attached hydrogens (tertiary/aromatic N) is 3. The molecule has 1 unspecified atom stereocenters. The second kappa shape index (κ2) is 11.6. The van der Waals surface area contributed by atoms with Crippen LogP contribution < -0.4 is 9.64 Å². The molecule has 1 atom stereocenters. The van der Waals surface area contributed by atoms with Gasteiger partial charge in [0.1, 0.15) is 24.3 Å². The van der Waals surface area contributed by atoms with Crippen molar-refractivity contribution in [2.75, 3.05) is 44.2 Å². The fraction of sp³-hybridized carbons (Fsp3) is 0.500. The minimum atomic E-state index is -0.492. The number of piperazine rings is 1. The number of aromatic nitrogens is 1. The molecule has 0 radical (unpaired) electrons. The lowest BCUT2D eigenvalue weighted by Gasteiger charge is -2.36. The van der Waals surface area contributed by atoms with Crippen molar-refractivity contribution in [3.8, 4) is 5.75 Å². The molecule has 1 saturated heterocycles. The average molecular weight is 442 g/mol. The van der Waals surface area contributed by atoms with Gasteiger partial charge in [-0.05, 0) is 35.2 Å². The Hall–Kier alpha value is -1.53. The summed E-state index contributed by atoms with van der Waals surface area (Å²) in [5.41, 5.74) is 1.41. The highest BCUT2D eigenvalue weighted by atomic mass is 35.5. The van der Waals surface area contributed by atoms with Crippen LogP contribution in [-0.4, -0.2) is 60.4 Å². The lowest BCUT2D eigenvalue weighted by Crippen LogP contribution is -2.49. The summed E-state index contributed by atoms with van der Waals surface area (Å²) >= 11 is 0. The molecular formula is C22H33Cl2N3O2. The van der Waals surface area contributed by atoms with Crippen LogP contribution in [0.5, 0.6) is 5.75 Å². The summed E-state index contributed by atoms with van der Waals surface area (Å²) in [6.45, 7) is 11.2. The monoisotopic (exact) mass is 441 g/mol. The van der Waals surface area contributed by atoms with Gasteiger partial charge < -0.3 is 14.7 Å². The number of benzene rings is 1. The molecule has 7 heteroatoms. The molecule has 1 N–H and O–H groups in total. The normalized spacial score (nSPS) is 15.8. The Morgan fingerprint density at radius 3 is 2.21 bits per heavy atom. The molecule has 29 heavy (non-hydrogen) atoms. The van der Waals surface area contributed by atoms with Gasteiger partial charge in [0.15, 0.2) is 0 Å². The molecule has 1 aromatic heterocycles. The van der Waals surface area contributed by atoms with Crippen LogP contribution in [0.15, 0.2) is 48.7 Å². The van der Waals surface area contributed by atoms with E-state index in [0.717, 1.165) is 37.7 Å². The van der Waals surface area contributed by atoms with Gasteiger partial charge in [0, 0.05) is 38.9 Å². The summed E-state index contributed by atoms with van der Waals surface area (Å²) in [5, 5.41) is 10.3. The zero-order valence-corrected chi connectivity index (χ0v) is 19.1. The maximum Gasteiger partial charge on any atom is 0.128 e. The number of aliphatic hydroxyl groups is 1. The van der Waals surface area contributed by atoms with E-state index in [1.165, 1.54) is 5.56 Å². The SMILES string of the molecule is CC(C)(C)c1ccc(OCC(O)CN2CCN(c3ccccn3)CC2)cc1.Cl.Cl. The fourth-order valence-electron chi connectivity index (χ4n) is 3.29. The van der Waals surface area contributed by atoms with Crippen LogP contribution in [0.1, 0.15) is 26.3 Å². The zero-order chi connectivity index (χ0) is 19.3. The summed E-state index contributed by atoms with van der Waals surface area (Å²) in [4.78, 5) is 8.99. The highest BCUT2D eigenvalue weighted by Crippen LogP contribution is 2.24. The first-order valence-corrected chi connectivity index (χ1v) is 9.71. The van der Waals surface area contributed by atoms with Gasteiger partial charge in [-0.15, -0.1) is 24.8 Å². The van der Waals surface area contributed by atoms with E-state index in [1.54, 1.807) is 0 Å². The Labute approximate surface area is 186 Å². The molecule has 162 valence electrons. The summed E-state index contributed by atoms with van der Waals surface area (Å²) in [6, 6.07) is 14.2. The second-order valence-corrected chi connectivity index (χ2v) is 8.21. The van der Waals surface area contributed by atoms with Crippen molar-refractivity contribution in [1.82, 2.24) is 9.88 Å². The molecule has 1 fully saturated rings. The van der Waals surface area contributed by atoms with E-state index in [9.17, 15) is 5.11 Å². The standard InChI is InChI=1S/C22H31N3O2.2ClH/c1-22(2,3)18-7-9-20(10-8-18)27-17-19(26)16-24-12-14-25(15-13-24)21-6-4-5-11-23-21;;/h4-11,19,26H,12-17H2,1-3H3;2*1H. The molecule has 3 rings (SSSR count). The van der Waals surface area contributed by atoms with Crippen molar-refractivity contribution < 1.29 is 9.84 Å². The zero-order valence-electron chi connectivity index (χ0n) is 17.5. The van der Waals surface area contributed by atoms with Gasteiger partial charge in [0.05, 0.1) is 0 Å².